The minimum atomic E-state index is -0.600. The standard InChI is InChI=1S/C16H22N4O2.2ClH/c1-22-8-7-18-16(21)15(17)9-14-11-20(12-19-14)10-13-5-3-2-4-6-13;;/h2-6,11-12,15H,7-10,17H2,1H3,(H,18,21);2*1H/t15-;;/m0../s1. The molecule has 0 radical (unpaired) electrons. The first-order valence-electron chi connectivity index (χ1n) is 7.26. The van der Waals surface area contributed by atoms with Crippen LogP contribution < -0.4 is 11.1 Å². The molecule has 0 saturated heterocycles. The van der Waals surface area contributed by atoms with E-state index in [1.807, 2.05) is 29.0 Å². The maximum atomic E-state index is 11.8. The van der Waals surface area contributed by atoms with E-state index < -0.39 is 6.04 Å². The second-order valence-electron chi connectivity index (χ2n) is 5.12. The zero-order valence-electron chi connectivity index (χ0n) is 13.6. The Labute approximate surface area is 154 Å². The van der Waals surface area contributed by atoms with Crippen molar-refractivity contribution >= 4 is 30.7 Å². The number of aromatic nitrogens is 2. The van der Waals surface area contributed by atoms with E-state index in [-0.39, 0.29) is 30.7 Å². The summed E-state index contributed by atoms with van der Waals surface area (Å²) in [6.07, 6.45) is 4.10. The lowest BCUT2D eigenvalue weighted by Gasteiger charge is -2.10. The molecule has 1 atom stereocenters. The molecule has 0 aliphatic rings. The second kappa shape index (κ2) is 11.9. The lowest BCUT2D eigenvalue weighted by Crippen LogP contribution is -2.43. The molecule has 0 fully saturated rings. The fraction of sp³-hybridized carbons (Fsp3) is 0.375. The van der Waals surface area contributed by atoms with Crippen LogP contribution in [0, 0.1) is 0 Å². The highest BCUT2D eigenvalue weighted by Gasteiger charge is 2.15. The highest BCUT2D eigenvalue weighted by atomic mass is 35.5. The van der Waals surface area contributed by atoms with Gasteiger partial charge in [-0.15, -0.1) is 24.8 Å². The van der Waals surface area contributed by atoms with Gasteiger partial charge < -0.3 is 20.4 Å². The number of imidazole rings is 1. The Morgan fingerprint density at radius 3 is 2.71 bits per heavy atom. The van der Waals surface area contributed by atoms with Crippen LogP contribution in [0.1, 0.15) is 11.3 Å². The molecule has 1 heterocycles. The largest absolute Gasteiger partial charge is 0.383 e. The number of amides is 1. The molecule has 8 heteroatoms. The second-order valence-corrected chi connectivity index (χ2v) is 5.12. The van der Waals surface area contributed by atoms with Gasteiger partial charge in [-0.3, -0.25) is 4.79 Å². The summed E-state index contributed by atoms with van der Waals surface area (Å²) in [5.41, 5.74) is 7.90. The van der Waals surface area contributed by atoms with E-state index >= 15 is 0 Å². The Morgan fingerprint density at radius 1 is 1.33 bits per heavy atom. The van der Waals surface area contributed by atoms with Gasteiger partial charge in [-0.05, 0) is 5.56 Å². The van der Waals surface area contributed by atoms with Crippen LogP contribution in [0.4, 0.5) is 0 Å². The summed E-state index contributed by atoms with van der Waals surface area (Å²) < 4.78 is 6.87. The van der Waals surface area contributed by atoms with Gasteiger partial charge in [0.1, 0.15) is 0 Å². The number of benzene rings is 1. The number of carbonyl (C=O) groups is 1. The SMILES string of the molecule is COCCNC(=O)[C@@H](N)Cc1cn(Cc2ccccc2)cn1.Cl.Cl. The van der Waals surface area contributed by atoms with Crippen LogP contribution in [0.2, 0.25) is 0 Å². The zero-order chi connectivity index (χ0) is 15.8. The smallest absolute Gasteiger partial charge is 0.237 e. The van der Waals surface area contributed by atoms with Gasteiger partial charge in [0.25, 0.3) is 0 Å². The van der Waals surface area contributed by atoms with Crippen molar-refractivity contribution in [1.82, 2.24) is 14.9 Å². The summed E-state index contributed by atoms with van der Waals surface area (Å²) in [6, 6.07) is 9.53. The molecule has 134 valence electrons. The van der Waals surface area contributed by atoms with Crippen molar-refractivity contribution in [3.05, 3.63) is 54.1 Å². The fourth-order valence-electron chi connectivity index (χ4n) is 2.12. The molecule has 1 aromatic heterocycles. The first kappa shape index (κ1) is 22.4. The minimum Gasteiger partial charge on any atom is -0.383 e. The van der Waals surface area contributed by atoms with Gasteiger partial charge in [-0.1, -0.05) is 30.3 Å². The first-order valence-corrected chi connectivity index (χ1v) is 7.26. The summed E-state index contributed by atoms with van der Waals surface area (Å²) in [4.78, 5) is 16.1. The fourth-order valence-corrected chi connectivity index (χ4v) is 2.12. The Hall–Kier alpha value is -1.60. The number of nitrogens with two attached hydrogens (primary N) is 1. The van der Waals surface area contributed by atoms with E-state index in [1.165, 1.54) is 5.56 Å². The van der Waals surface area contributed by atoms with Gasteiger partial charge in [0.15, 0.2) is 0 Å². The van der Waals surface area contributed by atoms with Gasteiger partial charge in [-0.25, -0.2) is 4.98 Å². The summed E-state index contributed by atoms with van der Waals surface area (Å²) >= 11 is 0. The number of carbonyl (C=O) groups excluding carboxylic acids is 1. The number of rotatable bonds is 8. The molecule has 0 aliphatic carbocycles. The third-order valence-electron chi connectivity index (χ3n) is 3.27. The summed E-state index contributed by atoms with van der Waals surface area (Å²) in [5, 5.41) is 2.73. The lowest BCUT2D eigenvalue weighted by atomic mass is 10.1. The monoisotopic (exact) mass is 374 g/mol. The molecule has 0 aliphatic heterocycles. The van der Waals surface area contributed by atoms with E-state index in [4.69, 9.17) is 10.5 Å². The van der Waals surface area contributed by atoms with Crippen LogP contribution in [0.5, 0.6) is 0 Å². The quantitative estimate of drug-likeness (QED) is 0.684. The molecule has 0 spiro atoms. The number of halogens is 2. The molecule has 1 amide bonds. The van der Waals surface area contributed by atoms with Gasteiger partial charge in [-0.2, -0.15) is 0 Å². The van der Waals surface area contributed by atoms with E-state index in [9.17, 15) is 4.79 Å². The van der Waals surface area contributed by atoms with E-state index in [0.29, 0.717) is 19.6 Å². The Morgan fingerprint density at radius 2 is 2.04 bits per heavy atom. The molecule has 6 nitrogen and oxygen atoms in total. The van der Waals surface area contributed by atoms with Crippen molar-refractivity contribution in [3.8, 4) is 0 Å². The van der Waals surface area contributed by atoms with Crippen LogP contribution >= 0.6 is 24.8 Å². The Balaban J connectivity index is 0.00000264. The molecule has 0 saturated carbocycles. The third kappa shape index (κ3) is 7.31. The van der Waals surface area contributed by atoms with Crippen LogP contribution in [0.25, 0.3) is 0 Å². The molecule has 24 heavy (non-hydrogen) atoms. The van der Waals surface area contributed by atoms with Crippen molar-refractivity contribution < 1.29 is 9.53 Å². The average Bonchev–Trinajstić information content (AvgIpc) is 2.95. The molecule has 3 N–H and O–H groups in total. The van der Waals surface area contributed by atoms with Gasteiger partial charge in [0, 0.05) is 32.8 Å². The van der Waals surface area contributed by atoms with E-state index in [1.54, 1.807) is 13.4 Å². The molecule has 2 rings (SSSR count). The Kier molecular flexibility index (Phi) is 11.1. The molecular formula is C16H24Cl2N4O2. The van der Waals surface area contributed by atoms with Crippen LogP contribution in [0.3, 0.4) is 0 Å². The first-order chi connectivity index (χ1) is 10.7. The van der Waals surface area contributed by atoms with E-state index in [2.05, 4.69) is 22.4 Å². The number of ether oxygens (including phenoxy) is 1. The maximum Gasteiger partial charge on any atom is 0.237 e. The number of nitrogens with zero attached hydrogens (tertiary/aromatic N) is 2. The van der Waals surface area contributed by atoms with Gasteiger partial charge in [0.2, 0.25) is 5.91 Å². The van der Waals surface area contributed by atoms with Crippen molar-refractivity contribution in [2.45, 2.75) is 19.0 Å². The highest BCUT2D eigenvalue weighted by Crippen LogP contribution is 2.05. The topological polar surface area (TPSA) is 82.2 Å². The number of nitrogens with one attached hydrogen (secondary N) is 1. The van der Waals surface area contributed by atoms with Crippen LogP contribution in [0.15, 0.2) is 42.9 Å². The van der Waals surface area contributed by atoms with Crippen molar-refractivity contribution in [3.63, 3.8) is 0 Å². The zero-order valence-corrected chi connectivity index (χ0v) is 15.2. The number of methoxy groups -OCH3 is 1. The molecule has 1 aromatic carbocycles. The summed E-state index contributed by atoms with van der Waals surface area (Å²) in [6.45, 7) is 1.69. The average molecular weight is 375 g/mol. The van der Waals surface area contributed by atoms with Gasteiger partial charge >= 0.3 is 0 Å². The predicted octanol–water partition coefficient (Wildman–Crippen LogP) is 1.41. The van der Waals surface area contributed by atoms with E-state index in [0.717, 1.165) is 12.2 Å². The predicted molar refractivity (Wildman–Crippen MR) is 98.8 cm³/mol. The third-order valence-corrected chi connectivity index (χ3v) is 3.27. The van der Waals surface area contributed by atoms with Crippen molar-refractivity contribution in [2.24, 2.45) is 5.73 Å². The minimum absolute atomic E-state index is 0. The van der Waals surface area contributed by atoms with Crippen molar-refractivity contribution in [2.75, 3.05) is 20.3 Å². The van der Waals surface area contributed by atoms with Crippen molar-refractivity contribution in [1.29, 1.82) is 0 Å². The van der Waals surface area contributed by atoms with Gasteiger partial charge in [0.05, 0.1) is 24.7 Å². The van der Waals surface area contributed by atoms with Crippen LogP contribution in [-0.4, -0.2) is 41.8 Å². The van der Waals surface area contributed by atoms with Crippen LogP contribution in [-0.2, 0) is 22.5 Å². The number of hydrogen-bond donors (Lipinski definition) is 2. The normalized spacial score (nSPS) is 11.1. The molecule has 0 bridgehead atoms. The summed E-state index contributed by atoms with van der Waals surface area (Å²) in [5.74, 6) is -0.186. The molecular weight excluding hydrogens is 351 g/mol. The highest BCUT2D eigenvalue weighted by molar-refractivity contribution is 5.85. The summed E-state index contributed by atoms with van der Waals surface area (Å²) in [7, 11) is 1.59. The Bertz CT molecular complexity index is 593. The maximum absolute atomic E-state index is 11.8. The molecule has 2 aromatic rings. The number of hydrogen-bond acceptors (Lipinski definition) is 4. The lowest BCUT2D eigenvalue weighted by molar-refractivity contribution is -0.122. The molecule has 0 unspecified atom stereocenters.